The molecule has 6 nitrogen and oxygen atoms in total. The molecule has 1 aromatic heterocycles. The average Bonchev–Trinajstić information content (AvgIpc) is 3.31. The van der Waals surface area contributed by atoms with Gasteiger partial charge in [0.2, 0.25) is 0 Å². The fraction of sp³-hybridized carbons (Fsp3) is 0.238. The Morgan fingerprint density at radius 3 is 2.64 bits per heavy atom. The zero-order valence-electron chi connectivity index (χ0n) is 15.4. The Morgan fingerprint density at radius 1 is 1.21 bits per heavy atom. The molecular formula is C21H20ClN3O3. The molecule has 28 heavy (non-hydrogen) atoms. The summed E-state index contributed by atoms with van der Waals surface area (Å²) in [5.74, 6) is 0.446. The van der Waals surface area contributed by atoms with Crippen molar-refractivity contribution in [2.45, 2.75) is 19.4 Å². The Balaban J connectivity index is 1.48. The zero-order valence-corrected chi connectivity index (χ0v) is 16.1. The minimum Gasteiger partial charge on any atom is -0.488 e. The van der Waals surface area contributed by atoms with E-state index in [4.69, 9.17) is 21.1 Å². The first kappa shape index (κ1) is 18.5. The number of halogens is 1. The quantitative estimate of drug-likeness (QED) is 0.698. The Labute approximate surface area is 168 Å². The maximum Gasteiger partial charge on any atom is 0.260 e. The Hall–Kier alpha value is -2.83. The summed E-state index contributed by atoms with van der Waals surface area (Å²) < 4.78 is 12.7. The molecule has 1 N–H and O–H groups in total. The highest BCUT2D eigenvalue weighted by atomic mass is 35.5. The third-order valence-electron chi connectivity index (χ3n) is 4.53. The first-order valence-electron chi connectivity index (χ1n) is 9.08. The van der Waals surface area contributed by atoms with Gasteiger partial charge < -0.3 is 14.8 Å². The molecule has 1 fully saturated rings. The van der Waals surface area contributed by atoms with Crippen LogP contribution in [0.3, 0.4) is 0 Å². The van der Waals surface area contributed by atoms with Gasteiger partial charge in [-0.3, -0.25) is 4.79 Å². The number of hydrogen-bond donors (Lipinski definition) is 1. The van der Waals surface area contributed by atoms with E-state index in [9.17, 15) is 4.79 Å². The third kappa shape index (κ3) is 3.88. The van der Waals surface area contributed by atoms with Gasteiger partial charge in [-0.05, 0) is 43.3 Å². The van der Waals surface area contributed by atoms with Gasteiger partial charge in [-0.2, -0.15) is 5.10 Å². The molecule has 1 unspecified atom stereocenters. The fourth-order valence-electron chi connectivity index (χ4n) is 3.11. The number of aryl methyl sites for hydroxylation is 1. The van der Waals surface area contributed by atoms with Crippen molar-refractivity contribution in [3.63, 3.8) is 0 Å². The standard InChI is InChI=1S/C21H20ClN3O3/c1-14-19(20(22)25(24-14)16-5-3-2-4-6-16)21(26)23-15-7-9-17(10-8-15)28-18-11-12-27-13-18/h2-10,18H,11-13H2,1H3,(H,23,26). The van der Waals surface area contributed by atoms with Gasteiger partial charge in [-0.1, -0.05) is 29.8 Å². The van der Waals surface area contributed by atoms with E-state index in [0.717, 1.165) is 24.5 Å². The Kier molecular flexibility index (Phi) is 5.32. The van der Waals surface area contributed by atoms with Gasteiger partial charge >= 0.3 is 0 Å². The van der Waals surface area contributed by atoms with Crippen LogP contribution in [-0.2, 0) is 4.74 Å². The first-order chi connectivity index (χ1) is 13.6. The van der Waals surface area contributed by atoms with Gasteiger partial charge in [0.15, 0.2) is 0 Å². The number of carbonyl (C=O) groups is 1. The highest BCUT2D eigenvalue weighted by Crippen LogP contribution is 2.25. The summed E-state index contributed by atoms with van der Waals surface area (Å²) in [5, 5.41) is 7.56. The minimum atomic E-state index is -0.303. The topological polar surface area (TPSA) is 65.4 Å². The van der Waals surface area contributed by atoms with Gasteiger partial charge in [-0.25, -0.2) is 4.68 Å². The molecule has 1 amide bonds. The summed E-state index contributed by atoms with van der Waals surface area (Å²) in [7, 11) is 0. The van der Waals surface area contributed by atoms with Crippen LogP contribution >= 0.6 is 11.6 Å². The summed E-state index contributed by atoms with van der Waals surface area (Å²) >= 11 is 6.45. The molecule has 2 heterocycles. The summed E-state index contributed by atoms with van der Waals surface area (Å²) in [5.41, 5.74) is 2.37. The molecule has 0 radical (unpaired) electrons. The molecule has 144 valence electrons. The number of hydrogen-bond acceptors (Lipinski definition) is 4. The molecule has 2 aromatic carbocycles. The number of anilines is 1. The number of nitrogens with one attached hydrogen (secondary N) is 1. The minimum absolute atomic E-state index is 0.0886. The number of aromatic nitrogens is 2. The van der Waals surface area contributed by atoms with Crippen LogP contribution in [0.5, 0.6) is 5.75 Å². The van der Waals surface area contributed by atoms with Gasteiger partial charge in [0, 0.05) is 12.1 Å². The summed E-state index contributed by atoms with van der Waals surface area (Å²) in [6.07, 6.45) is 0.979. The van der Waals surface area contributed by atoms with E-state index in [1.165, 1.54) is 0 Å². The average molecular weight is 398 g/mol. The van der Waals surface area contributed by atoms with E-state index in [-0.39, 0.29) is 17.2 Å². The molecule has 4 rings (SSSR count). The normalized spacial score (nSPS) is 16.1. The van der Waals surface area contributed by atoms with Crippen molar-refractivity contribution in [3.05, 3.63) is 71.0 Å². The summed E-state index contributed by atoms with van der Waals surface area (Å²) in [6, 6.07) is 16.7. The number of carbonyl (C=O) groups excluding carboxylic acids is 1. The lowest BCUT2D eigenvalue weighted by atomic mass is 10.2. The van der Waals surface area contributed by atoms with E-state index >= 15 is 0 Å². The number of para-hydroxylation sites is 1. The van der Waals surface area contributed by atoms with Crippen molar-refractivity contribution >= 4 is 23.2 Å². The molecule has 0 bridgehead atoms. The van der Waals surface area contributed by atoms with Crippen LogP contribution in [0.25, 0.3) is 5.69 Å². The third-order valence-corrected chi connectivity index (χ3v) is 4.88. The molecule has 7 heteroatoms. The van der Waals surface area contributed by atoms with E-state index in [1.807, 2.05) is 42.5 Å². The lowest BCUT2D eigenvalue weighted by Gasteiger charge is -2.12. The second-order valence-electron chi connectivity index (χ2n) is 6.58. The largest absolute Gasteiger partial charge is 0.488 e. The lowest BCUT2D eigenvalue weighted by molar-refractivity contribution is 0.102. The highest BCUT2D eigenvalue weighted by molar-refractivity contribution is 6.34. The van der Waals surface area contributed by atoms with Crippen molar-refractivity contribution in [3.8, 4) is 11.4 Å². The molecule has 1 atom stereocenters. The lowest BCUT2D eigenvalue weighted by Crippen LogP contribution is -2.16. The molecule has 0 saturated carbocycles. The van der Waals surface area contributed by atoms with Crippen LogP contribution in [0.4, 0.5) is 5.69 Å². The van der Waals surface area contributed by atoms with E-state index in [2.05, 4.69) is 10.4 Å². The van der Waals surface area contributed by atoms with Crippen LogP contribution in [-0.4, -0.2) is 35.0 Å². The molecular weight excluding hydrogens is 378 g/mol. The Bertz CT molecular complexity index is 965. The van der Waals surface area contributed by atoms with Crippen molar-refractivity contribution in [2.75, 3.05) is 18.5 Å². The number of amides is 1. The highest BCUT2D eigenvalue weighted by Gasteiger charge is 2.21. The van der Waals surface area contributed by atoms with Gasteiger partial charge in [0.25, 0.3) is 5.91 Å². The van der Waals surface area contributed by atoms with Gasteiger partial charge in [-0.15, -0.1) is 0 Å². The molecule has 1 aliphatic heterocycles. The van der Waals surface area contributed by atoms with Crippen molar-refractivity contribution < 1.29 is 14.3 Å². The van der Waals surface area contributed by atoms with Crippen LogP contribution in [0.1, 0.15) is 22.5 Å². The van der Waals surface area contributed by atoms with Crippen LogP contribution < -0.4 is 10.1 Å². The van der Waals surface area contributed by atoms with Gasteiger partial charge in [0.1, 0.15) is 22.6 Å². The number of nitrogens with zero attached hydrogens (tertiary/aromatic N) is 2. The SMILES string of the molecule is Cc1nn(-c2ccccc2)c(Cl)c1C(=O)Nc1ccc(OC2CCOC2)cc1. The van der Waals surface area contributed by atoms with E-state index in [1.54, 1.807) is 23.7 Å². The Morgan fingerprint density at radius 2 is 1.96 bits per heavy atom. The smallest absolute Gasteiger partial charge is 0.260 e. The number of ether oxygens (including phenoxy) is 2. The molecule has 1 saturated heterocycles. The van der Waals surface area contributed by atoms with Crippen molar-refractivity contribution in [2.24, 2.45) is 0 Å². The van der Waals surface area contributed by atoms with Crippen molar-refractivity contribution in [1.82, 2.24) is 9.78 Å². The fourth-order valence-corrected chi connectivity index (χ4v) is 3.46. The number of rotatable bonds is 5. The molecule has 3 aromatic rings. The molecule has 1 aliphatic rings. The predicted octanol–water partition coefficient (Wildman–Crippen LogP) is 4.25. The monoisotopic (exact) mass is 397 g/mol. The summed E-state index contributed by atoms with van der Waals surface area (Å²) in [6.45, 7) is 3.11. The van der Waals surface area contributed by atoms with Crippen LogP contribution in [0.2, 0.25) is 5.15 Å². The van der Waals surface area contributed by atoms with E-state index in [0.29, 0.717) is 23.6 Å². The maximum atomic E-state index is 12.8. The van der Waals surface area contributed by atoms with Crippen LogP contribution in [0.15, 0.2) is 54.6 Å². The number of benzene rings is 2. The van der Waals surface area contributed by atoms with Crippen LogP contribution in [0, 0.1) is 6.92 Å². The second kappa shape index (κ2) is 8.04. The predicted molar refractivity (Wildman–Crippen MR) is 108 cm³/mol. The zero-order chi connectivity index (χ0) is 19.5. The van der Waals surface area contributed by atoms with E-state index < -0.39 is 0 Å². The van der Waals surface area contributed by atoms with Crippen molar-refractivity contribution in [1.29, 1.82) is 0 Å². The first-order valence-corrected chi connectivity index (χ1v) is 9.46. The second-order valence-corrected chi connectivity index (χ2v) is 6.94. The summed E-state index contributed by atoms with van der Waals surface area (Å²) in [4.78, 5) is 12.8. The molecule has 0 spiro atoms. The van der Waals surface area contributed by atoms with Gasteiger partial charge in [0.05, 0.1) is 24.6 Å². The maximum absolute atomic E-state index is 12.8. The molecule has 0 aliphatic carbocycles.